The summed E-state index contributed by atoms with van der Waals surface area (Å²) in [6.45, 7) is 0. The van der Waals surface area contributed by atoms with E-state index in [0.717, 1.165) is 18.3 Å². The summed E-state index contributed by atoms with van der Waals surface area (Å²) >= 11 is 17.3. The van der Waals surface area contributed by atoms with Gasteiger partial charge in [-0.15, -0.1) is 0 Å². The van der Waals surface area contributed by atoms with Gasteiger partial charge in [0.05, 0.1) is 26.2 Å². The minimum absolute atomic E-state index is 0.0107. The molecule has 0 saturated carbocycles. The molecule has 0 aliphatic heterocycles. The lowest BCUT2D eigenvalue weighted by atomic mass is 10.3. The van der Waals surface area contributed by atoms with Crippen LogP contribution in [0.25, 0.3) is 0 Å². The predicted octanol–water partition coefficient (Wildman–Crippen LogP) is 4.88. The Hall–Kier alpha value is -1.63. The Kier molecular flexibility index (Phi) is 4.27. The van der Waals surface area contributed by atoms with Crippen molar-refractivity contribution in [2.24, 2.45) is 0 Å². The number of nitro benzene ring substituents is 1. The maximum atomic E-state index is 12.9. The van der Waals surface area contributed by atoms with E-state index in [0.29, 0.717) is 0 Å². The molecule has 20 heavy (non-hydrogen) atoms. The zero-order valence-electron chi connectivity index (χ0n) is 9.44. The van der Waals surface area contributed by atoms with Crippen molar-refractivity contribution in [1.82, 2.24) is 4.98 Å². The van der Waals surface area contributed by atoms with Gasteiger partial charge < -0.3 is 4.74 Å². The van der Waals surface area contributed by atoms with Crippen LogP contribution in [-0.4, -0.2) is 9.91 Å². The average Bonchev–Trinajstić information content (AvgIpc) is 2.37. The molecule has 0 saturated heterocycles. The average molecular weight is 338 g/mol. The number of non-ortho nitro benzene ring substituents is 1. The third-order valence-electron chi connectivity index (χ3n) is 2.18. The Bertz CT molecular complexity index is 674. The number of hydrogen-bond acceptors (Lipinski definition) is 4. The highest BCUT2D eigenvalue weighted by molar-refractivity contribution is 6.37. The third-order valence-corrected chi connectivity index (χ3v) is 3.01. The molecule has 2 aromatic rings. The van der Waals surface area contributed by atoms with E-state index in [4.69, 9.17) is 39.5 Å². The molecule has 0 amide bonds. The monoisotopic (exact) mass is 336 g/mol. The second-order valence-electron chi connectivity index (χ2n) is 3.54. The highest BCUT2D eigenvalue weighted by Crippen LogP contribution is 2.39. The molecule has 1 aromatic heterocycles. The first-order valence-corrected chi connectivity index (χ1v) is 6.14. The quantitative estimate of drug-likeness (QED) is 0.455. The lowest BCUT2D eigenvalue weighted by molar-refractivity contribution is -0.384. The lowest BCUT2D eigenvalue weighted by Crippen LogP contribution is -1.93. The van der Waals surface area contributed by atoms with Gasteiger partial charge in [-0.25, -0.2) is 4.98 Å². The first kappa shape index (κ1) is 14.8. The molecule has 0 spiro atoms. The smallest absolute Gasteiger partial charge is 0.272 e. The van der Waals surface area contributed by atoms with E-state index < -0.39 is 10.9 Å². The molecule has 9 heteroatoms. The van der Waals surface area contributed by atoms with Crippen LogP contribution in [-0.2, 0) is 0 Å². The van der Waals surface area contributed by atoms with Crippen molar-refractivity contribution in [2.45, 2.75) is 0 Å². The van der Waals surface area contributed by atoms with Crippen molar-refractivity contribution in [2.75, 3.05) is 0 Å². The fourth-order valence-corrected chi connectivity index (χ4v) is 2.04. The fourth-order valence-electron chi connectivity index (χ4n) is 1.33. The number of halogens is 4. The molecule has 0 unspecified atom stereocenters. The van der Waals surface area contributed by atoms with E-state index in [-0.39, 0.29) is 32.3 Å². The summed E-state index contributed by atoms with van der Waals surface area (Å²) in [6.07, 6.45) is 1.08. The maximum absolute atomic E-state index is 12.9. The van der Waals surface area contributed by atoms with Crippen molar-refractivity contribution in [3.8, 4) is 11.5 Å². The Balaban J connectivity index is 2.38. The van der Waals surface area contributed by atoms with Gasteiger partial charge in [0, 0.05) is 18.2 Å². The second kappa shape index (κ2) is 5.78. The summed E-state index contributed by atoms with van der Waals surface area (Å²) in [6, 6.07) is 3.35. The summed E-state index contributed by atoms with van der Waals surface area (Å²) in [5, 5.41) is 10.3. The molecule has 1 aromatic carbocycles. The van der Waals surface area contributed by atoms with Crippen LogP contribution in [0.1, 0.15) is 0 Å². The number of aromatic nitrogens is 1. The minimum atomic E-state index is -0.847. The summed E-state index contributed by atoms with van der Waals surface area (Å²) in [5.41, 5.74) is -0.275. The Labute approximate surface area is 127 Å². The largest absolute Gasteiger partial charge is 0.453 e. The van der Waals surface area contributed by atoms with E-state index in [2.05, 4.69) is 4.98 Å². The number of benzene rings is 1. The van der Waals surface area contributed by atoms with Gasteiger partial charge in [-0.2, -0.15) is 4.39 Å². The normalized spacial score (nSPS) is 10.4. The highest BCUT2D eigenvalue weighted by Gasteiger charge is 2.17. The lowest BCUT2D eigenvalue weighted by Gasteiger charge is -2.09. The standard InChI is InChI=1S/C11H4Cl3FN2O3/c12-7-1-5(17(18)19)2-8(13)10(7)20-6-3-9(14)11(15)16-4-6/h1-4H. The molecule has 2 rings (SSSR count). The van der Waals surface area contributed by atoms with Crippen molar-refractivity contribution in [3.63, 3.8) is 0 Å². The van der Waals surface area contributed by atoms with Crippen molar-refractivity contribution < 1.29 is 14.1 Å². The van der Waals surface area contributed by atoms with Gasteiger partial charge in [0.2, 0.25) is 5.95 Å². The molecule has 104 valence electrons. The number of rotatable bonds is 3. The van der Waals surface area contributed by atoms with E-state index in [1.807, 2.05) is 0 Å². The molecule has 0 N–H and O–H groups in total. The van der Waals surface area contributed by atoms with Crippen LogP contribution < -0.4 is 4.74 Å². The Morgan fingerprint density at radius 1 is 1.15 bits per heavy atom. The summed E-state index contributed by atoms with van der Waals surface area (Å²) in [5.74, 6) is -0.766. The zero-order valence-corrected chi connectivity index (χ0v) is 11.7. The molecule has 5 nitrogen and oxygen atoms in total. The van der Waals surface area contributed by atoms with Gasteiger partial charge in [0.25, 0.3) is 5.69 Å². The van der Waals surface area contributed by atoms with Gasteiger partial charge >= 0.3 is 0 Å². The molecule has 0 fully saturated rings. The van der Waals surface area contributed by atoms with Crippen molar-refractivity contribution in [1.29, 1.82) is 0 Å². The predicted molar refractivity (Wildman–Crippen MR) is 72.4 cm³/mol. The molecule has 0 aliphatic rings. The van der Waals surface area contributed by atoms with E-state index >= 15 is 0 Å². The van der Waals surface area contributed by atoms with Crippen LogP contribution in [0.3, 0.4) is 0 Å². The zero-order chi connectivity index (χ0) is 14.9. The number of nitrogens with zero attached hydrogens (tertiary/aromatic N) is 2. The van der Waals surface area contributed by atoms with Crippen molar-refractivity contribution >= 4 is 40.5 Å². The highest BCUT2D eigenvalue weighted by atomic mass is 35.5. The molecule has 0 aliphatic carbocycles. The summed E-state index contributed by atoms with van der Waals surface area (Å²) < 4.78 is 18.2. The number of hydrogen-bond donors (Lipinski definition) is 0. The molecular weight excluding hydrogens is 333 g/mol. The van der Waals surface area contributed by atoms with Crippen molar-refractivity contribution in [3.05, 3.63) is 55.5 Å². The summed E-state index contributed by atoms with van der Waals surface area (Å²) in [4.78, 5) is 13.4. The van der Waals surface area contributed by atoms with Gasteiger partial charge in [0.15, 0.2) is 5.75 Å². The minimum Gasteiger partial charge on any atom is -0.453 e. The topological polar surface area (TPSA) is 65.3 Å². The van der Waals surface area contributed by atoms with E-state index in [1.165, 1.54) is 6.07 Å². The molecule has 0 radical (unpaired) electrons. The van der Waals surface area contributed by atoms with Crippen LogP contribution in [0.4, 0.5) is 10.1 Å². The fraction of sp³-hybridized carbons (Fsp3) is 0. The summed E-state index contributed by atoms with van der Waals surface area (Å²) in [7, 11) is 0. The SMILES string of the molecule is O=[N+]([O-])c1cc(Cl)c(Oc2cnc(F)c(Cl)c2)c(Cl)c1. The van der Waals surface area contributed by atoms with Crippen LogP contribution in [0.5, 0.6) is 11.5 Å². The first-order valence-electron chi connectivity index (χ1n) is 5.01. The number of ether oxygens (including phenoxy) is 1. The second-order valence-corrected chi connectivity index (χ2v) is 4.76. The van der Waals surface area contributed by atoms with Gasteiger partial charge in [0.1, 0.15) is 5.75 Å². The number of pyridine rings is 1. The molecular formula is C11H4Cl3FN2O3. The van der Waals surface area contributed by atoms with Crippen LogP contribution in [0, 0.1) is 16.1 Å². The van der Waals surface area contributed by atoms with Gasteiger partial charge in [-0.1, -0.05) is 34.8 Å². The van der Waals surface area contributed by atoms with Gasteiger partial charge in [-0.3, -0.25) is 10.1 Å². The first-order chi connectivity index (χ1) is 9.38. The number of nitro groups is 1. The van der Waals surface area contributed by atoms with E-state index in [1.54, 1.807) is 0 Å². The van der Waals surface area contributed by atoms with Crippen LogP contribution in [0.2, 0.25) is 15.1 Å². The van der Waals surface area contributed by atoms with E-state index in [9.17, 15) is 14.5 Å². The van der Waals surface area contributed by atoms with Crippen LogP contribution >= 0.6 is 34.8 Å². The Morgan fingerprint density at radius 3 is 2.25 bits per heavy atom. The van der Waals surface area contributed by atoms with Crippen LogP contribution in [0.15, 0.2) is 24.4 Å². The van der Waals surface area contributed by atoms with Gasteiger partial charge in [-0.05, 0) is 0 Å². The maximum Gasteiger partial charge on any atom is 0.272 e. The Morgan fingerprint density at radius 2 is 1.75 bits per heavy atom. The third kappa shape index (κ3) is 3.09. The molecule has 0 atom stereocenters. The molecule has 1 heterocycles. The molecule has 0 bridgehead atoms.